The summed E-state index contributed by atoms with van der Waals surface area (Å²) >= 11 is 2.04. The summed E-state index contributed by atoms with van der Waals surface area (Å²) in [5.74, 6) is -0.667. The second kappa shape index (κ2) is 6.05. The fourth-order valence-corrected chi connectivity index (χ4v) is 1.63. The number of halogens is 1. The second-order valence-electron chi connectivity index (χ2n) is 3.43. The largest absolute Gasteiger partial charge is 0.493 e. The standard InChI is InChI=1S/C11H13IO4/c1-7(13)4-5-16-10-3-2-8(12)6-9(10)11(14)15/h2-3,6-7,13H,4-5H2,1H3,(H,14,15). The molecule has 0 aliphatic heterocycles. The highest BCUT2D eigenvalue weighted by Gasteiger charge is 2.11. The van der Waals surface area contributed by atoms with Gasteiger partial charge in [0, 0.05) is 9.99 Å². The lowest BCUT2D eigenvalue weighted by Gasteiger charge is -2.10. The molecule has 0 bridgehead atoms. The first-order chi connectivity index (χ1) is 7.50. The van der Waals surface area contributed by atoms with Gasteiger partial charge in [-0.2, -0.15) is 0 Å². The van der Waals surface area contributed by atoms with Gasteiger partial charge in [-0.25, -0.2) is 4.79 Å². The second-order valence-corrected chi connectivity index (χ2v) is 4.68. The van der Waals surface area contributed by atoms with Gasteiger partial charge in [-0.1, -0.05) is 0 Å². The molecule has 1 rings (SSSR count). The van der Waals surface area contributed by atoms with Crippen LogP contribution in [0.4, 0.5) is 0 Å². The summed E-state index contributed by atoms with van der Waals surface area (Å²) in [4.78, 5) is 10.9. The monoisotopic (exact) mass is 336 g/mol. The van der Waals surface area contributed by atoms with Crippen LogP contribution in [-0.2, 0) is 0 Å². The first-order valence-electron chi connectivity index (χ1n) is 4.84. The minimum Gasteiger partial charge on any atom is -0.493 e. The summed E-state index contributed by atoms with van der Waals surface area (Å²) in [7, 11) is 0. The van der Waals surface area contributed by atoms with Gasteiger partial charge in [0.1, 0.15) is 11.3 Å². The Morgan fingerprint density at radius 1 is 1.56 bits per heavy atom. The number of carboxylic acid groups (broad SMARTS) is 1. The van der Waals surface area contributed by atoms with Crippen LogP contribution in [0.5, 0.6) is 5.75 Å². The number of benzene rings is 1. The molecule has 1 aromatic rings. The fourth-order valence-electron chi connectivity index (χ4n) is 1.13. The molecule has 1 atom stereocenters. The Hall–Kier alpha value is -0.820. The summed E-state index contributed by atoms with van der Waals surface area (Å²) < 4.78 is 6.17. The molecule has 0 aromatic heterocycles. The van der Waals surface area contributed by atoms with E-state index in [0.717, 1.165) is 3.57 Å². The quantitative estimate of drug-likeness (QED) is 0.809. The Morgan fingerprint density at radius 2 is 2.25 bits per heavy atom. The minimum absolute atomic E-state index is 0.150. The highest BCUT2D eigenvalue weighted by atomic mass is 127. The van der Waals surface area contributed by atoms with Crippen LogP contribution in [0.15, 0.2) is 18.2 Å². The average Bonchev–Trinajstić information content (AvgIpc) is 2.19. The Labute approximate surface area is 107 Å². The van der Waals surface area contributed by atoms with E-state index in [-0.39, 0.29) is 5.56 Å². The van der Waals surface area contributed by atoms with Gasteiger partial charge in [0.15, 0.2) is 0 Å². The molecule has 0 fully saturated rings. The van der Waals surface area contributed by atoms with Crippen molar-refractivity contribution in [1.29, 1.82) is 0 Å². The van der Waals surface area contributed by atoms with E-state index in [1.165, 1.54) is 0 Å². The first kappa shape index (κ1) is 13.2. The van der Waals surface area contributed by atoms with Gasteiger partial charge in [0.2, 0.25) is 0 Å². The molecule has 16 heavy (non-hydrogen) atoms. The third kappa shape index (κ3) is 3.97. The lowest BCUT2D eigenvalue weighted by atomic mass is 10.2. The molecule has 0 saturated carbocycles. The van der Waals surface area contributed by atoms with Crippen molar-refractivity contribution in [1.82, 2.24) is 0 Å². The maximum Gasteiger partial charge on any atom is 0.339 e. The van der Waals surface area contributed by atoms with Crippen molar-refractivity contribution in [2.75, 3.05) is 6.61 Å². The molecule has 2 N–H and O–H groups in total. The lowest BCUT2D eigenvalue weighted by molar-refractivity contribution is 0.0691. The molecule has 1 unspecified atom stereocenters. The predicted molar refractivity (Wildman–Crippen MR) is 67.9 cm³/mol. The van der Waals surface area contributed by atoms with Gasteiger partial charge in [0.05, 0.1) is 12.7 Å². The predicted octanol–water partition coefficient (Wildman–Crippen LogP) is 2.14. The molecule has 1 aromatic carbocycles. The van der Waals surface area contributed by atoms with E-state index < -0.39 is 12.1 Å². The smallest absolute Gasteiger partial charge is 0.339 e. The number of carbonyl (C=O) groups is 1. The molecule has 0 saturated heterocycles. The van der Waals surface area contributed by atoms with Crippen molar-refractivity contribution >= 4 is 28.6 Å². The van der Waals surface area contributed by atoms with Crippen LogP contribution in [0.2, 0.25) is 0 Å². The van der Waals surface area contributed by atoms with E-state index in [0.29, 0.717) is 18.8 Å². The fraction of sp³-hybridized carbons (Fsp3) is 0.364. The van der Waals surface area contributed by atoms with E-state index >= 15 is 0 Å². The van der Waals surface area contributed by atoms with Crippen LogP contribution in [0, 0.1) is 3.57 Å². The molecule has 0 aliphatic rings. The van der Waals surface area contributed by atoms with E-state index in [2.05, 4.69) is 0 Å². The molecular formula is C11H13IO4. The van der Waals surface area contributed by atoms with Gasteiger partial charge >= 0.3 is 5.97 Å². The third-order valence-corrected chi connectivity index (χ3v) is 2.64. The SMILES string of the molecule is CC(O)CCOc1ccc(I)cc1C(=O)O. The van der Waals surface area contributed by atoms with Crippen molar-refractivity contribution in [2.45, 2.75) is 19.4 Å². The number of aliphatic hydroxyl groups is 1. The summed E-state index contributed by atoms with van der Waals surface area (Å²) in [5.41, 5.74) is 0.150. The van der Waals surface area contributed by atoms with E-state index in [1.54, 1.807) is 25.1 Å². The summed E-state index contributed by atoms with van der Waals surface area (Å²) in [6.45, 7) is 1.97. The summed E-state index contributed by atoms with van der Waals surface area (Å²) in [5, 5.41) is 18.0. The Balaban J connectivity index is 2.75. The van der Waals surface area contributed by atoms with Crippen LogP contribution in [-0.4, -0.2) is 28.9 Å². The van der Waals surface area contributed by atoms with Crippen LogP contribution in [0.1, 0.15) is 23.7 Å². The van der Waals surface area contributed by atoms with Crippen LogP contribution < -0.4 is 4.74 Å². The molecule has 0 amide bonds. The Morgan fingerprint density at radius 3 is 2.81 bits per heavy atom. The van der Waals surface area contributed by atoms with Crippen molar-refractivity contribution in [3.63, 3.8) is 0 Å². The molecule has 0 spiro atoms. The number of rotatable bonds is 5. The highest BCUT2D eigenvalue weighted by molar-refractivity contribution is 14.1. The number of hydrogen-bond donors (Lipinski definition) is 2. The zero-order valence-corrected chi connectivity index (χ0v) is 11.0. The maximum absolute atomic E-state index is 10.9. The molecule has 88 valence electrons. The molecular weight excluding hydrogens is 323 g/mol. The van der Waals surface area contributed by atoms with E-state index in [9.17, 15) is 4.79 Å². The summed E-state index contributed by atoms with van der Waals surface area (Å²) in [6.07, 6.45) is 0.0301. The molecule has 5 heteroatoms. The average molecular weight is 336 g/mol. The first-order valence-corrected chi connectivity index (χ1v) is 5.92. The van der Waals surface area contributed by atoms with Gasteiger partial charge in [0.25, 0.3) is 0 Å². The van der Waals surface area contributed by atoms with Crippen LogP contribution in [0.25, 0.3) is 0 Å². The van der Waals surface area contributed by atoms with Crippen molar-refractivity contribution in [3.8, 4) is 5.75 Å². The maximum atomic E-state index is 10.9. The van der Waals surface area contributed by atoms with Gasteiger partial charge in [-0.15, -0.1) is 0 Å². The van der Waals surface area contributed by atoms with Gasteiger partial charge in [-0.05, 0) is 47.7 Å². The van der Waals surface area contributed by atoms with E-state index in [1.807, 2.05) is 22.6 Å². The summed E-state index contributed by atoms with van der Waals surface area (Å²) in [6, 6.07) is 4.97. The van der Waals surface area contributed by atoms with Crippen molar-refractivity contribution < 1.29 is 19.7 Å². The van der Waals surface area contributed by atoms with E-state index in [4.69, 9.17) is 14.9 Å². The molecule has 0 aliphatic carbocycles. The normalized spacial score (nSPS) is 12.2. The number of ether oxygens (including phenoxy) is 1. The topological polar surface area (TPSA) is 66.8 Å². The molecule has 0 heterocycles. The zero-order valence-electron chi connectivity index (χ0n) is 8.81. The number of aromatic carboxylic acids is 1. The van der Waals surface area contributed by atoms with Crippen molar-refractivity contribution in [3.05, 3.63) is 27.3 Å². The lowest BCUT2D eigenvalue weighted by Crippen LogP contribution is -2.10. The molecule has 0 radical (unpaired) electrons. The Kier molecular flexibility index (Phi) is 5.01. The van der Waals surface area contributed by atoms with Crippen LogP contribution >= 0.6 is 22.6 Å². The van der Waals surface area contributed by atoms with Crippen LogP contribution in [0.3, 0.4) is 0 Å². The third-order valence-electron chi connectivity index (χ3n) is 1.97. The minimum atomic E-state index is -1.01. The highest BCUT2D eigenvalue weighted by Crippen LogP contribution is 2.21. The number of carboxylic acids is 1. The van der Waals surface area contributed by atoms with Crippen molar-refractivity contribution in [2.24, 2.45) is 0 Å². The number of hydrogen-bond acceptors (Lipinski definition) is 3. The van der Waals surface area contributed by atoms with Gasteiger partial charge < -0.3 is 14.9 Å². The zero-order chi connectivity index (χ0) is 12.1. The Bertz CT molecular complexity index is 376. The number of aliphatic hydroxyl groups excluding tert-OH is 1. The molecule has 4 nitrogen and oxygen atoms in total. The van der Waals surface area contributed by atoms with Gasteiger partial charge in [-0.3, -0.25) is 0 Å².